The van der Waals surface area contributed by atoms with Crippen molar-refractivity contribution in [3.63, 3.8) is 0 Å². The lowest BCUT2D eigenvalue weighted by molar-refractivity contribution is -0.119. The minimum Gasteiger partial charge on any atom is -0.374 e. The number of fused-ring (bicyclic) bond motifs is 1. The molecule has 2 fully saturated rings. The molecule has 0 bridgehead atoms. The summed E-state index contributed by atoms with van der Waals surface area (Å²) in [4.78, 5) is 0. The van der Waals surface area contributed by atoms with Gasteiger partial charge in [0, 0.05) is 3.92 Å². The van der Waals surface area contributed by atoms with Gasteiger partial charge in [0.15, 0.2) is 0 Å². The van der Waals surface area contributed by atoms with Crippen LogP contribution in [0, 0.1) is 5.92 Å². The fraction of sp³-hybridized carbons (Fsp3) is 0.647. The van der Waals surface area contributed by atoms with Crippen LogP contribution in [0.4, 0.5) is 0 Å². The van der Waals surface area contributed by atoms with Crippen LogP contribution >= 0.6 is 22.6 Å². The van der Waals surface area contributed by atoms with Gasteiger partial charge < -0.3 is 9.47 Å². The summed E-state index contributed by atoms with van der Waals surface area (Å²) in [5, 5.41) is 0. The van der Waals surface area contributed by atoms with Gasteiger partial charge in [-0.1, -0.05) is 65.8 Å². The third kappa shape index (κ3) is 3.74. The lowest BCUT2D eigenvalue weighted by Crippen LogP contribution is -2.45. The summed E-state index contributed by atoms with van der Waals surface area (Å²) in [6.45, 7) is 1.42. The van der Waals surface area contributed by atoms with E-state index in [4.69, 9.17) is 9.47 Å². The fourth-order valence-electron chi connectivity index (χ4n) is 3.38. The molecule has 1 heterocycles. The molecule has 1 aromatic rings. The van der Waals surface area contributed by atoms with E-state index in [1.54, 1.807) is 0 Å². The number of alkyl halides is 1. The SMILES string of the molecule is I[C@H]1C[C@H]2CCCC[C@@H]2O[C@@H]1COCc1ccccc1. The first-order chi connectivity index (χ1) is 9.83. The van der Waals surface area contributed by atoms with E-state index < -0.39 is 0 Å². The molecular formula is C17H23IO2. The zero-order valence-electron chi connectivity index (χ0n) is 11.8. The van der Waals surface area contributed by atoms with Gasteiger partial charge >= 0.3 is 0 Å². The summed E-state index contributed by atoms with van der Waals surface area (Å²) >= 11 is 2.56. The van der Waals surface area contributed by atoms with E-state index in [0.29, 0.717) is 16.6 Å². The Hall–Kier alpha value is -0.130. The third-order valence-corrected chi connectivity index (χ3v) is 5.82. The van der Waals surface area contributed by atoms with Crippen LogP contribution in [0.1, 0.15) is 37.7 Å². The van der Waals surface area contributed by atoms with Crippen LogP contribution in [0.3, 0.4) is 0 Å². The third-order valence-electron chi connectivity index (χ3n) is 4.51. The van der Waals surface area contributed by atoms with Crippen LogP contribution in [0.2, 0.25) is 0 Å². The highest BCUT2D eigenvalue weighted by Crippen LogP contribution is 2.38. The largest absolute Gasteiger partial charge is 0.374 e. The van der Waals surface area contributed by atoms with Crippen molar-refractivity contribution >= 4 is 22.6 Å². The van der Waals surface area contributed by atoms with Crippen molar-refractivity contribution in [2.45, 2.75) is 54.8 Å². The van der Waals surface area contributed by atoms with Crippen LogP contribution in [0.15, 0.2) is 30.3 Å². The van der Waals surface area contributed by atoms with Gasteiger partial charge in [0.05, 0.1) is 25.4 Å². The number of halogens is 1. The van der Waals surface area contributed by atoms with Crippen LogP contribution in [0.25, 0.3) is 0 Å². The Balaban J connectivity index is 1.47. The van der Waals surface area contributed by atoms with Crippen LogP contribution in [-0.4, -0.2) is 22.7 Å². The average molecular weight is 386 g/mol. The van der Waals surface area contributed by atoms with Crippen molar-refractivity contribution in [2.24, 2.45) is 5.92 Å². The smallest absolute Gasteiger partial charge is 0.0929 e. The summed E-state index contributed by atoms with van der Waals surface area (Å²) in [5.41, 5.74) is 1.24. The monoisotopic (exact) mass is 386 g/mol. The first kappa shape index (κ1) is 14.8. The Morgan fingerprint density at radius 1 is 1.15 bits per heavy atom. The summed E-state index contributed by atoms with van der Waals surface area (Å²) in [7, 11) is 0. The minimum absolute atomic E-state index is 0.277. The molecule has 3 rings (SSSR count). The van der Waals surface area contributed by atoms with Gasteiger partial charge in [-0.25, -0.2) is 0 Å². The topological polar surface area (TPSA) is 18.5 Å². The molecule has 0 unspecified atom stereocenters. The number of benzene rings is 1. The molecule has 20 heavy (non-hydrogen) atoms. The molecular weight excluding hydrogens is 363 g/mol. The molecule has 0 amide bonds. The quantitative estimate of drug-likeness (QED) is 0.566. The molecule has 110 valence electrons. The van der Waals surface area contributed by atoms with Crippen molar-refractivity contribution < 1.29 is 9.47 Å². The predicted octanol–water partition coefficient (Wildman–Crippen LogP) is 4.35. The molecule has 3 heteroatoms. The summed E-state index contributed by atoms with van der Waals surface area (Å²) in [5.74, 6) is 0.802. The van der Waals surface area contributed by atoms with Gasteiger partial charge in [0.1, 0.15) is 0 Å². The average Bonchev–Trinajstić information content (AvgIpc) is 2.49. The van der Waals surface area contributed by atoms with Crippen molar-refractivity contribution in [1.29, 1.82) is 0 Å². The van der Waals surface area contributed by atoms with Crippen LogP contribution in [0.5, 0.6) is 0 Å². The zero-order valence-corrected chi connectivity index (χ0v) is 14.0. The first-order valence-electron chi connectivity index (χ1n) is 7.74. The van der Waals surface area contributed by atoms with Gasteiger partial charge in [0.25, 0.3) is 0 Å². The van der Waals surface area contributed by atoms with Crippen LogP contribution in [-0.2, 0) is 16.1 Å². The lowest BCUT2D eigenvalue weighted by Gasteiger charge is -2.42. The maximum atomic E-state index is 6.31. The molecule has 4 atom stereocenters. The summed E-state index contributed by atoms with van der Waals surface area (Å²) < 4.78 is 12.8. The molecule has 1 aliphatic heterocycles. The normalized spacial score (nSPS) is 33.6. The van der Waals surface area contributed by atoms with Crippen molar-refractivity contribution in [3.05, 3.63) is 35.9 Å². The van der Waals surface area contributed by atoms with Crippen molar-refractivity contribution in [1.82, 2.24) is 0 Å². The molecule has 0 spiro atoms. The second-order valence-corrected chi connectivity index (χ2v) is 7.61. The molecule has 1 saturated carbocycles. The summed E-state index contributed by atoms with van der Waals surface area (Å²) in [6, 6.07) is 10.4. The standard InChI is InChI=1S/C17H23IO2/c18-15-10-14-8-4-5-9-16(14)20-17(15)12-19-11-13-6-2-1-3-7-13/h1-3,6-7,14-17H,4-5,8-12H2/t14-,15+,16+,17-/m1/s1. The maximum absolute atomic E-state index is 6.31. The molecule has 1 aliphatic carbocycles. The fourth-order valence-corrected chi connectivity index (χ4v) is 4.41. The molecule has 1 aromatic carbocycles. The van der Waals surface area contributed by atoms with Gasteiger partial charge in [0.2, 0.25) is 0 Å². The Labute approximate surface area is 135 Å². The predicted molar refractivity (Wildman–Crippen MR) is 89.1 cm³/mol. The Morgan fingerprint density at radius 2 is 1.95 bits per heavy atom. The van der Waals surface area contributed by atoms with Crippen molar-refractivity contribution in [3.8, 4) is 0 Å². The first-order valence-corrected chi connectivity index (χ1v) is 8.98. The highest BCUT2D eigenvalue weighted by molar-refractivity contribution is 14.1. The Morgan fingerprint density at radius 3 is 2.80 bits per heavy atom. The van der Waals surface area contributed by atoms with Crippen molar-refractivity contribution in [2.75, 3.05) is 6.61 Å². The van der Waals surface area contributed by atoms with E-state index in [1.165, 1.54) is 37.7 Å². The number of hydrogen-bond donors (Lipinski definition) is 0. The van der Waals surface area contributed by atoms with E-state index in [0.717, 1.165) is 12.5 Å². The highest BCUT2D eigenvalue weighted by Gasteiger charge is 2.37. The van der Waals surface area contributed by atoms with Gasteiger partial charge in [-0.15, -0.1) is 0 Å². The van der Waals surface area contributed by atoms with E-state index in [-0.39, 0.29) is 6.10 Å². The van der Waals surface area contributed by atoms with Crippen LogP contribution < -0.4 is 0 Å². The molecule has 2 aliphatic rings. The van der Waals surface area contributed by atoms with Gasteiger partial charge in [-0.2, -0.15) is 0 Å². The highest BCUT2D eigenvalue weighted by atomic mass is 127. The van der Waals surface area contributed by atoms with Gasteiger partial charge in [-0.3, -0.25) is 0 Å². The van der Waals surface area contributed by atoms with Gasteiger partial charge in [-0.05, 0) is 30.7 Å². The van der Waals surface area contributed by atoms with E-state index in [2.05, 4.69) is 46.9 Å². The zero-order chi connectivity index (χ0) is 13.8. The Bertz CT molecular complexity index is 409. The minimum atomic E-state index is 0.277. The number of ether oxygens (including phenoxy) is 2. The van der Waals surface area contributed by atoms with E-state index >= 15 is 0 Å². The second kappa shape index (κ2) is 7.23. The van der Waals surface area contributed by atoms with E-state index in [9.17, 15) is 0 Å². The summed E-state index contributed by atoms with van der Waals surface area (Å²) in [6.07, 6.45) is 7.43. The van der Waals surface area contributed by atoms with E-state index in [1.807, 2.05) is 6.07 Å². The lowest BCUT2D eigenvalue weighted by atomic mass is 9.81. The second-order valence-electron chi connectivity index (χ2n) is 6.01. The Kier molecular flexibility index (Phi) is 5.35. The number of hydrogen-bond acceptors (Lipinski definition) is 2. The molecule has 2 nitrogen and oxygen atoms in total. The number of rotatable bonds is 4. The maximum Gasteiger partial charge on any atom is 0.0929 e. The molecule has 0 N–H and O–H groups in total. The molecule has 1 saturated heterocycles. The molecule has 0 radical (unpaired) electrons. The molecule has 0 aromatic heterocycles.